The van der Waals surface area contributed by atoms with E-state index in [0.29, 0.717) is 19.4 Å². The molecular weight excluding hydrogens is 240 g/mol. The fraction of sp³-hybridized carbons (Fsp3) is 0.400. The lowest BCUT2D eigenvalue weighted by atomic mass is 9.77. The van der Waals surface area contributed by atoms with E-state index in [1.165, 1.54) is 0 Å². The first-order valence-electron chi connectivity index (χ1n) is 6.29. The van der Waals surface area contributed by atoms with Crippen molar-refractivity contribution in [3.8, 4) is 12.3 Å². The molecule has 4 heteroatoms. The third-order valence-electron chi connectivity index (χ3n) is 3.43. The summed E-state index contributed by atoms with van der Waals surface area (Å²) < 4.78 is 0. The second-order valence-corrected chi connectivity index (χ2v) is 4.84. The number of fused-ring (bicyclic) bond motifs is 1. The number of carbonyl (C=O) groups is 1. The third-order valence-corrected chi connectivity index (χ3v) is 3.43. The minimum atomic E-state index is -0.787. The Kier molecular flexibility index (Phi) is 3.96. The van der Waals surface area contributed by atoms with E-state index < -0.39 is 5.97 Å². The van der Waals surface area contributed by atoms with Crippen molar-refractivity contribution in [3.63, 3.8) is 0 Å². The van der Waals surface area contributed by atoms with Crippen molar-refractivity contribution in [2.24, 2.45) is 10.4 Å². The molecule has 2 rings (SSSR count). The van der Waals surface area contributed by atoms with Crippen LogP contribution in [-0.4, -0.2) is 22.6 Å². The fourth-order valence-corrected chi connectivity index (χ4v) is 2.37. The number of aliphatic carboxylic acids is 1. The number of carboxylic acids is 1. The van der Waals surface area contributed by atoms with Gasteiger partial charge in [0.05, 0.1) is 6.54 Å². The van der Waals surface area contributed by atoms with Crippen molar-refractivity contribution in [2.45, 2.75) is 25.7 Å². The maximum Gasteiger partial charge on any atom is 0.303 e. The molecule has 1 aromatic rings. The van der Waals surface area contributed by atoms with Gasteiger partial charge in [-0.1, -0.05) is 6.08 Å². The SMILES string of the molecule is C#CCCC1(CCC(=O)O)C=c2cccnc2=NC1. The lowest BCUT2D eigenvalue weighted by Crippen LogP contribution is -2.39. The van der Waals surface area contributed by atoms with Crippen molar-refractivity contribution in [3.05, 3.63) is 29.0 Å². The Morgan fingerprint density at radius 1 is 1.53 bits per heavy atom. The maximum absolute atomic E-state index is 10.8. The number of hydrogen-bond donors (Lipinski definition) is 1. The lowest BCUT2D eigenvalue weighted by Gasteiger charge is -2.29. The van der Waals surface area contributed by atoms with Crippen molar-refractivity contribution >= 4 is 12.0 Å². The number of aromatic nitrogens is 1. The largest absolute Gasteiger partial charge is 0.481 e. The van der Waals surface area contributed by atoms with Gasteiger partial charge >= 0.3 is 5.97 Å². The zero-order valence-electron chi connectivity index (χ0n) is 10.7. The smallest absolute Gasteiger partial charge is 0.303 e. The Labute approximate surface area is 111 Å². The highest BCUT2D eigenvalue weighted by atomic mass is 16.4. The quantitative estimate of drug-likeness (QED) is 0.791. The third kappa shape index (κ3) is 3.19. The van der Waals surface area contributed by atoms with Gasteiger partial charge in [0, 0.05) is 29.7 Å². The van der Waals surface area contributed by atoms with Gasteiger partial charge in [-0.2, -0.15) is 0 Å². The van der Waals surface area contributed by atoms with Crippen molar-refractivity contribution in [1.82, 2.24) is 4.98 Å². The highest BCUT2D eigenvalue weighted by Gasteiger charge is 2.29. The van der Waals surface area contributed by atoms with Gasteiger partial charge in [0.1, 0.15) is 0 Å². The van der Waals surface area contributed by atoms with Crippen LogP contribution < -0.4 is 10.7 Å². The first-order chi connectivity index (χ1) is 9.15. The van der Waals surface area contributed by atoms with E-state index in [1.807, 2.05) is 12.1 Å². The van der Waals surface area contributed by atoms with Crippen LogP contribution in [0.2, 0.25) is 0 Å². The molecule has 19 heavy (non-hydrogen) atoms. The number of rotatable bonds is 5. The molecule has 0 saturated heterocycles. The zero-order valence-corrected chi connectivity index (χ0v) is 10.7. The predicted molar refractivity (Wildman–Crippen MR) is 71.7 cm³/mol. The summed E-state index contributed by atoms with van der Waals surface area (Å²) in [7, 11) is 0. The minimum Gasteiger partial charge on any atom is -0.481 e. The van der Waals surface area contributed by atoms with E-state index in [4.69, 9.17) is 11.5 Å². The Balaban J connectivity index is 2.33. The van der Waals surface area contributed by atoms with Crippen LogP contribution in [-0.2, 0) is 4.79 Å². The molecule has 0 saturated carbocycles. The second kappa shape index (κ2) is 5.66. The minimum absolute atomic E-state index is 0.131. The van der Waals surface area contributed by atoms with Crippen molar-refractivity contribution in [1.29, 1.82) is 0 Å². The summed E-state index contributed by atoms with van der Waals surface area (Å²) in [4.78, 5) is 19.5. The number of pyridine rings is 1. The summed E-state index contributed by atoms with van der Waals surface area (Å²) in [5, 5.41) is 9.85. The van der Waals surface area contributed by atoms with Crippen LogP contribution in [0, 0.1) is 17.8 Å². The number of carboxylic acid groups (broad SMARTS) is 1. The van der Waals surface area contributed by atoms with Crippen LogP contribution in [0.5, 0.6) is 0 Å². The van der Waals surface area contributed by atoms with Gasteiger partial charge in [0.25, 0.3) is 0 Å². The van der Waals surface area contributed by atoms with Gasteiger partial charge < -0.3 is 5.11 Å². The molecule has 0 bridgehead atoms. The van der Waals surface area contributed by atoms with Gasteiger partial charge in [-0.25, -0.2) is 4.98 Å². The Morgan fingerprint density at radius 2 is 2.37 bits per heavy atom. The van der Waals surface area contributed by atoms with Gasteiger partial charge in [-0.3, -0.25) is 9.79 Å². The van der Waals surface area contributed by atoms with Gasteiger partial charge in [0.2, 0.25) is 0 Å². The summed E-state index contributed by atoms with van der Waals surface area (Å²) >= 11 is 0. The first kappa shape index (κ1) is 13.3. The number of terminal acetylenes is 1. The summed E-state index contributed by atoms with van der Waals surface area (Å²) in [6.45, 7) is 0.561. The highest BCUT2D eigenvalue weighted by molar-refractivity contribution is 5.67. The van der Waals surface area contributed by atoms with E-state index in [1.54, 1.807) is 6.20 Å². The standard InChI is InChI=1S/C15H16N2O2/c1-2-3-7-15(8-6-13(18)19)10-12-5-4-9-16-14(12)17-11-15/h1,4-5,9-10H,3,6-8,11H2,(H,18,19). The maximum atomic E-state index is 10.8. The molecule has 2 heterocycles. The molecule has 0 fully saturated rings. The van der Waals surface area contributed by atoms with E-state index in [2.05, 4.69) is 22.0 Å². The fourth-order valence-electron chi connectivity index (χ4n) is 2.37. The normalized spacial score (nSPS) is 20.6. The van der Waals surface area contributed by atoms with Gasteiger partial charge in [-0.05, 0) is 25.0 Å². The van der Waals surface area contributed by atoms with Crippen LogP contribution in [0.4, 0.5) is 0 Å². The average Bonchev–Trinajstić information content (AvgIpc) is 2.43. The summed E-state index contributed by atoms with van der Waals surface area (Å²) in [5.74, 6) is 1.84. The van der Waals surface area contributed by atoms with Crippen LogP contribution >= 0.6 is 0 Å². The molecule has 1 unspecified atom stereocenters. The lowest BCUT2D eigenvalue weighted by molar-refractivity contribution is -0.137. The van der Waals surface area contributed by atoms with Crippen LogP contribution in [0.1, 0.15) is 25.7 Å². The Morgan fingerprint density at radius 3 is 3.11 bits per heavy atom. The first-order valence-corrected chi connectivity index (χ1v) is 6.29. The summed E-state index contributed by atoms with van der Waals surface area (Å²) in [5.41, 5.74) is 0.481. The summed E-state index contributed by atoms with van der Waals surface area (Å²) in [6.07, 6.45) is 11.2. The van der Waals surface area contributed by atoms with Gasteiger partial charge in [-0.15, -0.1) is 12.3 Å². The molecule has 98 valence electrons. The average molecular weight is 256 g/mol. The molecular formula is C15H16N2O2. The number of nitrogens with zero attached hydrogens (tertiary/aromatic N) is 2. The van der Waals surface area contributed by atoms with E-state index in [-0.39, 0.29) is 11.8 Å². The molecule has 4 nitrogen and oxygen atoms in total. The van der Waals surface area contributed by atoms with Crippen molar-refractivity contribution < 1.29 is 9.90 Å². The highest BCUT2D eigenvalue weighted by Crippen LogP contribution is 2.32. The van der Waals surface area contributed by atoms with Crippen LogP contribution in [0.3, 0.4) is 0 Å². The molecule has 1 aliphatic heterocycles. The Bertz CT molecular complexity index is 630. The van der Waals surface area contributed by atoms with E-state index in [9.17, 15) is 4.79 Å². The number of hydrogen-bond acceptors (Lipinski definition) is 3. The molecule has 1 aliphatic rings. The molecule has 0 amide bonds. The summed E-state index contributed by atoms with van der Waals surface area (Å²) in [6, 6.07) is 3.82. The topological polar surface area (TPSA) is 62.5 Å². The van der Waals surface area contributed by atoms with E-state index >= 15 is 0 Å². The van der Waals surface area contributed by atoms with Gasteiger partial charge in [0.15, 0.2) is 5.49 Å². The van der Waals surface area contributed by atoms with Crippen LogP contribution in [0.15, 0.2) is 23.3 Å². The van der Waals surface area contributed by atoms with Crippen LogP contribution in [0.25, 0.3) is 6.08 Å². The monoisotopic (exact) mass is 256 g/mol. The molecule has 1 atom stereocenters. The predicted octanol–water partition coefficient (Wildman–Crippen LogP) is 0.760. The van der Waals surface area contributed by atoms with E-state index in [0.717, 1.165) is 17.1 Å². The Hall–Kier alpha value is -2.15. The molecule has 0 aromatic carbocycles. The molecule has 1 N–H and O–H groups in total. The molecule has 1 aromatic heterocycles. The second-order valence-electron chi connectivity index (χ2n) is 4.84. The zero-order chi connectivity index (χ0) is 13.7. The molecule has 0 spiro atoms. The van der Waals surface area contributed by atoms with Crippen molar-refractivity contribution in [2.75, 3.05) is 6.54 Å². The molecule has 0 radical (unpaired) electrons. The molecule has 0 aliphatic carbocycles.